The highest BCUT2D eigenvalue weighted by molar-refractivity contribution is 5.92. The van der Waals surface area contributed by atoms with Crippen molar-refractivity contribution < 1.29 is 32.9 Å². The van der Waals surface area contributed by atoms with Crippen molar-refractivity contribution in [2.24, 2.45) is 5.73 Å². The Morgan fingerprint density at radius 1 is 1.11 bits per heavy atom. The van der Waals surface area contributed by atoms with Gasteiger partial charge in [0.15, 0.2) is 17.4 Å². The molecule has 0 bridgehead atoms. The van der Waals surface area contributed by atoms with Gasteiger partial charge in [-0.15, -0.1) is 0 Å². The number of ether oxygens (including phenoxy) is 3. The maximum Gasteiger partial charge on any atom is 0.335 e. The summed E-state index contributed by atoms with van der Waals surface area (Å²) in [5, 5.41) is 8.97. The predicted molar refractivity (Wildman–Crippen MR) is 166 cm³/mol. The topological polar surface area (TPSA) is 149 Å². The van der Waals surface area contributed by atoms with Crippen molar-refractivity contribution in [3.63, 3.8) is 0 Å². The first kappa shape index (κ1) is 35.3. The molecule has 1 atom stereocenters. The Hall–Kier alpha value is -4.20. The average Bonchev–Trinajstić information content (AvgIpc) is 3.44. The molecule has 0 amide bonds. The van der Waals surface area contributed by atoms with Crippen LogP contribution in [0, 0.1) is 11.6 Å². The van der Waals surface area contributed by atoms with E-state index in [1.54, 1.807) is 24.3 Å². The predicted octanol–water partition coefficient (Wildman–Crippen LogP) is 5.35. The summed E-state index contributed by atoms with van der Waals surface area (Å²) in [6.45, 7) is 6.19. The number of aromatic carboxylic acids is 1. The molecule has 2 fully saturated rings. The summed E-state index contributed by atoms with van der Waals surface area (Å²) >= 11 is 0. The molecule has 2 aromatic carbocycles. The Morgan fingerprint density at radius 2 is 1.87 bits per heavy atom. The summed E-state index contributed by atoms with van der Waals surface area (Å²) in [6.07, 6.45) is 8.43. The Labute approximate surface area is 261 Å². The van der Waals surface area contributed by atoms with Crippen molar-refractivity contribution in [2.75, 3.05) is 33.9 Å². The quantitative estimate of drug-likeness (QED) is 0.233. The summed E-state index contributed by atoms with van der Waals surface area (Å²) in [5.41, 5.74) is 6.42. The molecule has 6 rings (SSSR count). The first-order valence-corrected chi connectivity index (χ1v) is 14.9. The summed E-state index contributed by atoms with van der Waals surface area (Å²) in [7, 11) is 2.98. The van der Waals surface area contributed by atoms with E-state index in [2.05, 4.69) is 37.5 Å². The molecular formula is C32H42F2N6O5. The van der Waals surface area contributed by atoms with Crippen LogP contribution in [0.4, 0.5) is 8.78 Å². The van der Waals surface area contributed by atoms with E-state index in [0.29, 0.717) is 23.4 Å². The van der Waals surface area contributed by atoms with Gasteiger partial charge in [0, 0.05) is 24.9 Å². The van der Waals surface area contributed by atoms with E-state index in [0.717, 1.165) is 55.2 Å². The molecule has 0 radical (unpaired) electrons. The zero-order valence-corrected chi connectivity index (χ0v) is 26.0. The Morgan fingerprint density at radius 3 is 2.47 bits per heavy atom. The SMILES string of the molecule is CCC1CCO1.CN.COc1ccnc(COc2ccc(F)cc2F)n1.O=C(O)c1ccc2nc(CN3CCCCC3)[nH]c2c1. The van der Waals surface area contributed by atoms with Gasteiger partial charge in [0.05, 0.1) is 36.4 Å². The minimum atomic E-state index is -0.908. The second kappa shape index (κ2) is 18.6. The van der Waals surface area contributed by atoms with Crippen LogP contribution in [0.25, 0.3) is 11.0 Å². The number of methoxy groups -OCH3 is 1. The van der Waals surface area contributed by atoms with E-state index in [1.807, 2.05) is 0 Å². The largest absolute Gasteiger partial charge is 0.483 e. The van der Waals surface area contributed by atoms with Crippen molar-refractivity contribution in [3.05, 3.63) is 77.5 Å². The lowest BCUT2D eigenvalue weighted by atomic mass is 10.1. The Kier molecular flexibility index (Phi) is 14.6. The Bertz CT molecular complexity index is 1470. The highest BCUT2D eigenvalue weighted by atomic mass is 19.1. The van der Waals surface area contributed by atoms with Crippen LogP contribution >= 0.6 is 0 Å². The van der Waals surface area contributed by atoms with Gasteiger partial charge in [-0.3, -0.25) is 4.90 Å². The molecular weight excluding hydrogens is 586 g/mol. The third-order valence-corrected chi connectivity index (χ3v) is 6.99. The molecule has 45 heavy (non-hydrogen) atoms. The number of fused-ring (bicyclic) bond motifs is 1. The number of carboxylic acids is 1. The van der Waals surface area contributed by atoms with E-state index in [4.69, 9.17) is 19.3 Å². The maximum atomic E-state index is 13.3. The lowest BCUT2D eigenvalue weighted by molar-refractivity contribution is -0.0516. The van der Waals surface area contributed by atoms with Gasteiger partial charge in [-0.25, -0.2) is 23.5 Å². The van der Waals surface area contributed by atoms with Gasteiger partial charge in [0.2, 0.25) is 5.88 Å². The molecule has 0 saturated carbocycles. The number of nitrogens with two attached hydrogens (primary N) is 1. The number of aromatic amines is 1. The molecule has 4 N–H and O–H groups in total. The summed E-state index contributed by atoms with van der Waals surface area (Å²) < 4.78 is 41.1. The number of halogens is 2. The second-order valence-corrected chi connectivity index (χ2v) is 10.1. The van der Waals surface area contributed by atoms with Crippen molar-refractivity contribution in [1.29, 1.82) is 0 Å². The van der Waals surface area contributed by atoms with E-state index in [1.165, 1.54) is 58.5 Å². The number of aromatic nitrogens is 4. The minimum Gasteiger partial charge on any atom is -0.483 e. The van der Waals surface area contributed by atoms with Gasteiger partial charge in [0.1, 0.15) is 18.2 Å². The first-order valence-electron chi connectivity index (χ1n) is 14.9. The van der Waals surface area contributed by atoms with Crippen LogP contribution in [0.3, 0.4) is 0 Å². The lowest BCUT2D eigenvalue weighted by Gasteiger charge is -2.25. The number of hydrogen-bond acceptors (Lipinski definition) is 9. The smallest absolute Gasteiger partial charge is 0.335 e. The molecule has 244 valence electrons. The molecule has 2 saturated heterocycles. The van der Waals surface area contributed by atoms with Crippen molar-refractivity contribution >= 4 is 17.0 Å². The fraction of sp³-hybridized carbons (Fsp3) is 0.438. The number of nitrogens with one attached hydrogen (secondary N) is 1. The van der Waals surface area contributed by atoms with Crippen LogP contribution in [-0.4, -0.2) is 75.9 Å². The number of nitrogens with zero attached hydrogens (tertiary/aromatic N) is 4. The number of H-pyrrole nitrogens is 1. The normalized spacial score (nSPS) is 15.6. The van der Waals surface area contributed by atoms with E-state index in [9.17, 15) is 13.6 Å². The fourth-order valence-corrected chi connectivity index (χ4v) is 4.50. The molecule has 1 unspecified atom stereocenters. The fourth-order valence-electron chi connectivity index (χ4n) is 4.50. The molecule has 4 heterocycles. The Balaban J connectivity index is 0.000000198. The zero-order valence-electron chi connectivity index (χ0n) is 26.0. The van der Waals surface area contributed by atoms with Crippen LogP contribution in [-0.2, 0) is 17.9 Å². The molecule has 4 aromatic rings. The summed E-state index contributed by atoms with van der Waals surface area (Å²) in [4.78, 5) is 29.0. The molecule has 2 aliphatic rings. The standard InChI is InChI=1S/C14H17N3O2.C12H10F2N2O2.C5H10O.CH5N/c18-14(19)10-4-5-11-12(8-10)16-13(15-11)9-17-6-2-1-3-7-17;1-17-12-4-5-15-11(16-12)7-18-10-3-2-8(13)6-9(10)14;1-2-5-3-4-6-5;1-2/h4-5,8H,1-3,6-7,9H2,(H,15,16)(H,18,19);2-6H,7H2,1H3;5H,2-4H2,1H3;2H2,1H3. The van der Waals surface area contributed by atoms with Gasteiger partial charge >= 0.3 is 5.97 Å². The first-order chi connectivity index (χ1) is 21.8. The number of imidazole rings is 1. The lowest BCUT2D eigenvalue weighted by Crippen LogP contribution is -2.29. The van der Waals surface area contributed by atoms with Crippen LogP contribution < -0.4 is 15.2 Å². The van der Waals surface area contributed by atoms with E-state index in [-0.39, 0.29) is 12.4 Å². The third kappa shape index (κ3) is 11.3. The number of carbonyl (C=O) groups is 1. The molecule has 2 aliphatic heterocycles. The van der Waals surface area contributed by atoms with Gasteiger partial charge < -0.3 is 30.0 Å². The van der Waals surface area contributed by atoms with Crippen LogP contribution in [0.15, 0.2) is 48.7 Å². The van der Waals surface area contributed by atoms with Gasteiger partial charge in [0.25, 0.3) is 0 Å². The van der Waals surface area contributed by atoms with Crippen molar-refractivity contribution in [3.8, 4) is 11.6 Å². The van der Waals surface area contributed by atoms with Crippen molar-refractivity contribution in [2.45, 2.75) is 58.3 Å². The summed E-state index contributed by atoms with van der Waals surface area (Å²) in [6, 6.07) is 9.66. The van der Waals surface area contributed by atoms with E-state index < -0.39 is 17.6 Å². The molecule has 0 aliphatic carbocycles. The van der Waals surface area contributed by atoms with E-state index >= 15 is 0 Å². The molecule has 11 nitrogen and oxygen atoms in total. The van der Waals surface area contributed by atoms with Gasteiger partial charge in [-0.2, -0.15) is 4.98 Å². The average molecular weight is 629 g/mol. The highest BCUT2D eigenvalue weighted by Crippen LogP contribution is 2.19. The van der Waals surface area contributed by atoms with Gasteiger partial charge in [-0.1, -0.05) is 13.3 Å². The number of likely N-dealkylation sites (tertiary alicyclic amines) is 1. The van der Waals surface area contributed by atoms with Crippen LogP contribution in [0.5, 0.6) is 11.6 Å². The third-order valence-electron chi connectivity index (χ3n) is 6.99. The van der Waals surface area contributed by atoms with Crippen LogP contribution in [0.1, 0.15) is 61.0 Å². The monoisotopic (exact) mass is 628 g/mol. The second-order valence-electron chi connectivity index (χ2n) is 10.1. The summed E-state index contributed by atoms with van der Waals surface area (Å²) in [5.74, 6) is -0.729. The number of benzene rings is 2. The zero-order chi connectivity index (χ0) is 32.6. The molecule has 13 heteroatoms. The molecule has 2 aromatic heterocycles. The highest BCUT2D eigenvalue weighted by Gasteiger charge is 2.14. The minimum absolute atomic E-state index is 0.0280. The number of rotatable bonds is 8. The van der Waals surface area contributed by atoms with Gasteiger partial charge in [-0.05, 0) is 76.2 Å². The number of hydrogen-bond donors (Lipinski definition) is 3. The van der Waals surface area contributed by atoms with Crippen LogP contribution in [0.2, 0.25) is 0 Å². The number of piperidine rings is 1. The van der Waals surface area contributed by atoms with Crippen molar-refractivity contribution in [1.82, 2.24) is 24.8 Å². The molecule has 0 spiro atoms. The number of carboxylic acid groups (broad SMARTS) is 1. The maximum absolute atomic E-state index is 13.3.